The first-order valence-corrected chi connectivity index (χ1v) is 6.45. The van der Waals surface area contributed by atoms with E-state index in [1.807, 2.05) is 0 Å². The number of nitrogens with zero attached hydrogens (tertiary/aromatic N) is 3. The van der Waals surface area contributed by atoms with Crippen molar-refractivity contribution in [2.24, 2.45) is 7.05 Å². The van der Waals surface area contributed by atoms with Gasteiger partial charge in [0.15, 0.2) is 5.79 Å². The van der Waals surface area contributed by atoms with Crippen molar-refractivity contribution in [2.45, 2.75) is 5.79 Å². The Morgan fingerprint density at radius 2 is 2.32 bits per heavy atom. The lowest BCUT2D eigenvalue weighted by Crippen LogP contribution is -2.62. The van der Waals surface area contributed by atoms with Crippen LogP contribution < -0.4 is 5.32 Å². The van der Waals surface area contributed by atoms with E-state index < -0.39 is 5.79 Å². The van der Waals surface area contributed by atoms with Crippen molar-refractivity contribution in [1.82, 2.24) is 20.0 Å². The first-order valence-electron chi connectivity index (χ1n) is 6.45. The molecular weight excluding hydrogens is 248 g/mol. The quantitative estimate of drug-likeness (QED) is 0.721. The minimum atomic E-state index is -0.686. The fourth-order valence-corrected chi connectivity index (χ4v) is 2.48. The lowest BCUT2D eigenvalue weighted by atomic mass is 10.1. The molecule has 1 unspecified atom stereocenters. The molecule has 19 heavy (non-hydrogen) atoms. The highest BCUT2D eigenvalue weighted by molar-refractivity contribution is 5.93. The molecule has 1 atom stereocenters. The second kappa shape index (κ2) is 4.92. The van der Waals surface area contributed by atoms with Gasteiger partial charge in [0, 0.05) is 26.3 Å². The van der Waals surface area contributed by atoms with Gasteiger partial charge in [-0.2, -0.15) is 5.10 Å². The normalized spacial score (nSPS) is 27.7. The van der Waals surface area contributed by atoms with Gasteiger partial charge in [-0.3, -0.25) is 9.48 Å². The molecule has 1 spiro atoms. The summed E-state index contributed by atoms with van der Waals surface area (Å²) >= 11 is 0. The average molecular weight is 266 g/mol. The number of ether oxygens (including phenoxy) is 2. The topological polar surface area (TPSA) is 68.6 Å². The van der Waals surface area contributed by atoms with Gasteiger partial charge >= 0.3 is 0 Å². The zero-order valence-electron chi connectivity index (χ0n) is 11.0. The first kappa shape index (κ1) is 12.6. The van der Waals surface area contributed by atoms with E-state index in [1.165, 1.54) is 0 Å². The molecule has 1 N–H and O–H groups in total. The summed E-state index contributed by atoms with van der Waals surface area (Å²) in [5.74, 6) is -0.709. The van der Waals surface area contributed by atoms with Crippen molar-refractivity contribution < 1.29 is 14.3 Å². The second-order valence-corrected chi connectivity index (χ2v) is 4.91. The smallest absolute Gasteiger partial charge is 0.257 e. The second-order valence-electron chi connectivity index (χ2n) is 4.91. The Hall–Kier alpha value is -1.44. The predicted molar refractivity (Wildman–Crippen MR) is 66.6 cm³/mol. The van der Waals surface area contributed by atoms with E-state index in [-0.39, 0.29) is 5.91 Å². The van der Waals surface area contributed by atoms with Crippen molar-refractivity contribution >= 4 is 5.91 Å². The summed E-state index contributed by atoms with van der Waals surface area (Å²) in [5.41, 5.74) is 0.600. The van der Waals surface area contributed by atoms with Gasteiger partial charge in [0.05, 0.1) is 38.1 Å². The Kier molecular flexibility index (Phi) is 3.26. The summed E-state index contributed by atoms with van der Waals surface area (Å²) in [7, 11) is 1.80. The van der Waals surface area contributed by atoms with Crippen LogP contribution >= 0.6 is 0 Å². The van der Waals surface area contributed by atoms with Gasteiger partial charge in [-0.25, -0.2) is 0 Å². The van der Waals surface area contributed by atoms with Crippen LogP contribution in [0.4, 0.5) is 0 Å². The van der Waals surface area contributed by atoms with Crippen LogP contribution in [0.25, 0.3) is 0 Å². The van der Waals surface area contributed by atoms with Crippen LogP contribution in [-0.4, -0.2) is 65.8 Å². The molecule has 0 aromatic carbocycles. The van der Waals surface area contributed by atoms with Gasteiger partial charge in [0.2, 0.25) is 0 Å². The number of aromatic nitrogens is 2. The zero-order chi connectivity index (χ0) is 13.3. The zero-order valence-corrected chi connectivity index (χ0v) is 11.0. The van der Waals surface area contributed by atoms with Gasteiger partial charge in [0.25, 0.3) is 5.91 Å². The van der Waals surface area contributed by atoms with E-state index in [4.69, 9.17) is 9.47 Å². The van der Waals surface area contributed by atoms with Crippen LogP contribution in [0, 0.1) is 0 Å². The molecule has 104 valence electrons. The maximum atomic E-state index is 12.4. The number of amides is 1. The average Bonchev–Trinajstić information content (AvgIpc) is 2.85. The van der Waals surface area contributed by atoms with Crippen LogP contribution in [0.5, 0.6) is 0 Å². The molecule has 0 aliphatic carbocycles. The monoisotopic (exact) mass is 266 g/mol. The molecule has 0 bridgehead atoms. The molecule has 0 radical (unpaired) electrons. The Balaban J connectivity index is 1.72. The summed E-state index contributed by atoms with van der Waals surface area (Å²) in [5, 5.41) is 7.28. The Morgan fingerprint density at radius 3 is 3.00 bits per heavy atom. The summed E-state index contributed by atoms with van der Waals surface area (Å²) in [6.07, 6.45) is 3.31. The fourth-order valence-electron chi connectivity index (χ4n) is 2.48. The third kappa shape index (κ3) is 2.49. The molecule has 0 saturated carbocycles. The predicted octanol–water partition coefficient (Wildman–Crippen LogP) is -0.791. The minimum Gasteiger partial charge on any atom is -0.346 e. The first-order chi connectivity index (χ1) is 9.19. The van der Waals surface area contributed by atoms with Crippen LogP contribution in [-0.2, 0) is 16.5 Å². The van der Waals surface area contributed by atoms with E-state index in [2.05, 4.69) is 10.4 Å². The number of rotatable bonds is 1. The number of morpholine rings is 2. The van der Waals surface area contributed by atoms with Crippen molar-refractivity contribution in [3.63, 3.8) is 0 Å². The van der Waals surface area contributed by atoms with Crippen LogP contribution in [0.3, 0.4) is 0 Å². The molecule has 2 fully saturated rings. The van der Waals surface area contributed by atoms with Gasteiger partial charge < -0.3 is 19.7 Å². The SMILES string of the molecule is Cn1cc(C(=O)N2CCOC3(CNCCO3)C2)cn1. The lowest BCUT2D eigenvalue weighted by Gasteiger charge is -2.44. The van der Waals surface area contributed by atoms with Crippen LogP contribution in [0.15, 0.2) is 12.4 Å². The fraction of sp³-hybridized carbons (Fsp3) is 0.667. The summed E-state index contributed by atoms with van der Waals surface area (Å²) in [6, 6.07) is 0. The van der Waals surface area contributed by atoms with Gasteiger partial charge in [0.1, 0.15) is 0 Å². The number of hydrogen-bond donors (Lipinski definition) is 1. The molecule has 7 nitrogen and oxygen atoms in total. The molecule has 7 heteroatoms. The molecular formula is C12H18N4O3. The van der Waals surface area contributed by atoms with E-state index in [9.17, 15) is 4.79 Å². The number of hydrogen-bond acceptors (Lipinski definition) is 5. The highest BCUT2D eigenvalue weighted by Crippen LogP contribution is 2.22. The van der Waals surface area contributed by atoms with E-state index >= 15 is 0 Å². The maximum absolute atomic E-state index is 12.4. The molecule has 1 amide bonds. The Labute approximate surface area is 111 Å². The molecule has 3 heterocycles. The lowest BCUT2D eigenvalue weighted by molar-refractivity contribution is -0.268. The van der Waals surface area contributed by atoms with Crippen molar-refractivity contribution in [1.29, 1.82) is 0 Å². The third-order valence-corrected chi connectivity index (χ3v) is 3.44. The molecule has 1 aromatic heterocycles. The number of nitrogens with one attached hydrogen (secondary N) is 1. The third-order valence-electron chi connectivity index (χ3n) is 3.44. The highest BCUT2D eigenvalue weighted by Gasteiger charge is 2.41. The van der Waals surface area contributed by atoms with Gasteiger partial charge in [-0.05, 0) is 0 Å². The molecule has 3 rings (SSSR count). The van der Waals surface area contributed by atoms with Crippen molar-refractivity contribution in [3.05, 3.63) is 18.0 Å². The highest BCUT2D eigenvalue weighted by atomic mass is 16.7. The van der Waals surface area contributed by atoms with Gasteiger partial charge in [-0.1, -0.05) is 0 Å². The van der Waals surface area contributed by atoms with E-state index in [0.29, 0.717) is 38.4 Å². The van der Waals surface area contributed by atoms with Crippen molar-refractivity contribution in [3.8, 4) is 0 Å². The summed E-state index contributed by atoms with van der Waals surface area (Å²) in [4.78, 5) is 14.2. The van der Waals surface area contributed by atoms with Crippen molar-refractivity contribution in [2.75, 3.05) is 39.4 Å². The minimum absolute atomic E-state index is 0.0232. The largest absolute Gasteiger partial charge is 0.346 e. The summed E-state index contributed by atoms with van der Waals surface area (Å²) < 4.78 is 13.1. The van der Waals surface area contributed by atoms with E-state index in [0.717, 1.165) is 6.54 Å². The number of aryl methyl sites for hydroxylation is 1. The maximum Gasteiger partial charge on any atom is 0.257 e. The Bertz CT molecular complexity index is 462. The Morgan fingerprint density at radius 1 is 1.47 bits per heavy atom. The van der Waals surface area contributed by atoms with Gasteiger partial charge in [-0.15, -0.1) is 0 Å². The molecule has 2 saturated heterocycles. The van der Waals surface area contributed by atoms with Crippen LogP contribution in [0.1, 0.15) is 10.4 Å². The molecule has 2 aliphatic rings. The summed E-state index contributed by atoms with van der Waals surface area (Å²) in [6.45, 7) is 3.57. The van der Waals surface area contributed by atoms with E-state index in [1.54, 1.807) is 29.0 Å². The molecule has 1 aromatic rings. The number of carbonyl (C=O) groups excluding carboxylic acids is 1. The molecule has 2 aliphatic heterocycles. The van der Waals surface area contributed by atoms with Crippen LogP contribution in [0.2, 0.25) is 0 Å². The number of carbonyl (C=O) groups is 1. The standard InChI is InChI=1S/C12H18N4O3/c1-15-7-10(6-14-15)11(17)16-3-5-19-12(9-16)8-13-2-4-18-12/h6-7,13H,2-5,8-9H2,1H3.